The third-order valence-electron chi connectivity index (χ3n) is 2.33. The number of hydrogen-bond donors (Lipinski definition) is 2. The molecule has 0 unspecified atom stereocenters. The molecule has 1 heterocycles. The zero-order valence-electron chi connectivity index (χ0n) is 9.37. The SMILES string of the molecule is C[C@@H](O)CC=CCC[C@@H](O)[C@@H]1C=CC(=O)O1. The van der Waals surface area contributed by atoms with Gasteiger partial charge in [0.15, 0.2) is 0 Å². The van der Waals surface area contributed by atoms with Crippen LogP contribution in [-0.2, 0) is 9.53 Å². The van der Waals surface area contributed by atoms with E-state index in [0.717, 1.165) is 0 Å². The first kappa shape index (κ1) is 12.9. The molecule has 4 nitrogen and oxygen atoms in total. The predicted molar refractivity (Wildman–Crippen MR) is 59.7 cm³/mol. The van der Waals surface area contributed by atoms with Crippen LogP contribution in [0.3, 0.4) is 0 Å². The molecule has 1 aliphatic heterocycles. The first-order valence-electron chi connectivity index (χ1n) is 5.49. The lowest BCUT2D eigenvalue weighted by molar-refractivity contribution is -0.142. The van der Waals surface area contributed by atoms with Crippen LogP contribution in [0.2, 0.25) is 0 Å². The highest BCUT2D eigenvalue weighted by Crippen LogP contribution is 2.13. The number of hydrogen-bond acceptors (Lipinski definition) is 4. The number of esters is 1. The number of aliphatic hydroxyl groups excluding tert-OH is 2. The maximum Gasteiger partial charge on any atom is 0.331 e. The molecule has 0 aromatic rings. The predicted octanol–water partition coefficient (Wildman–Crippen LogP) is 0.936. The van der Waals surface area contributed by atoms with Crippen LogP contribution < -0.4 is 0 Å². The van der Waals surface area contributed by atoms with E-state index in [4.69, 9.17) is 9.84 Å². The molecule has 0 amide bonds. The Bertz CT molecular complexity index is 281. The molecular formula is C12H18O4. The number of carbonyl (C=O) groups is 1. The Kier molecular flexibility index (Phi) is 5.22. The summed E-state index contributed by atoms with van der Waals surface area (Å²) in [5, 5.41) is 18.7. The second-order valence-electron chi connectivity index (χ2n) is 3.96. The van der Waals surface area contributed by atoms with Gasteiger partial charge in [0.2, 0.25) is 0 Å². The lowest BCUT2D eigenvalue weighted by atomic mass is 10.1. The third kappa shape index (κ3) is 4.59. The Balaban J connectivity index is 2.15. The van der Waals surface area contributed by atoms with Gasteiger partial charge in [0, 0.05) is 6.08 Å². The van der Waals surface area contributed by atoms with Gasteiger partial charge in [-0.15, -0.1) is 0 Å². The first-order valence-corrected chi connectivity index (χ1v) is 5.49. The zero-order valence-corrected chi connectivity index (χ0v) is 9.37. The standard InChI is InChI=1S/C12H18O4/c1-9(13)5-3-2-4-6-10(14)11-7-8-12(15)16-11/h2-3,7-11,13-14H,4-6H2,1H3/t9-,10-,11+/m1/s1. The topological polar surface area (TPSA) is 66.8 Å². The van der Waals surface area contributed by atoms with Gasteiger partial charge in [-0.1, -0.05) is 12.2 Å². The Hall–Kier alpha value is -1.13. The van der Waals surface area contributed by atoms with Crippen molar-refractivity contribution >= 4 is 5.97 Å². The number of allylic oxidation sites excluding steroid dienone is 1. The Labute approximate surface area is 95.2 Å². The Morgan fingerprint density at radius 3 is 2.81 bits per heavy atom. The molecule has 2 N–H and O–H groups in total. The minimum Gasteiger partial charge on any atom is -0.452 e. The lowest BCUT2D eigenvalue weighted by Gasteiger charge is -2.14. The van der Waals surface area contributed by atoms with Crippen molar-refractivity contribution in [2.75, 3.05) is 0 Å². The van der Waals surface area contributed by atoms with Crippen molar-refractivity contribution in [1.29, 1.82) is 0 Å². The second-order valence-corrected chi connectivity index (χ2v) is 3.96. The molecule has 16 heavy (non-hydrogen) atoms. The van der Waals surface area contributed by atoms with Crippen molar-refractivity contribution in [3.63, 3.8) is 0 Å². The highest BCUT2D eigenvalue weighted by atomic mass is 16.6. The van der Waals surface area contributed by atoms with Crippen molar-refractivity contribution in [1.82, 2.24) is 0 Å². The summed E-state index contributed by atoms with van der Waals surface area (Å²) in [5.74, 6) is -0.395. The average Bonchev–Trinajstić information content (AvgIpc) is 2.63. The first-order chi connectivity index (χ1) is 7.59. The summed E-state index contributed by atoms with van der Waals surface area (Å²) in [4.78, 5) is 10.7. The van der Waals surface area contributed by atoms with E-state index in [1.807, 2.05) is 12.2 Å². The molecule has 0 saturated carbocycles. The highest BCUT2D eigenvalue weighted by Gasteiger charge is 2.23. The molecule has 0 spiro atoms. The van der Waals surface area contributed by atoms with Crippen LogP contribution in [0.25, 0.3) is 0 Å². The van der Waals surface area contributed by atoms with Gasteiger partial charge >= 0.3 is 5.97 Å². The fraction of sp³-hybridized carbons (Fsp3) is 0.583. The molecule has 0 aromatic heterocycles. The molecular weight excluding hydrogens is 208 g/mol. The second kappa shape index (κ2) is 6.45. The van der Waals surface area contributed by atoms with E-state index in [1.165, 1.54) is 6.08 Å². The van der Waals surface area contributed by atoms with Crippen LogP contribution >= 0.6 is 0 Å². The summed E-state index contributed by atoms with van der Waals surface area (Å²) in [6, 6.07) is 0. The monoisotopic (exact) mass is 226 g/mol. The third-order valence-corrected chi connectivity index (χ3v) is 2.33. The van der Waals surface area contributed by atoms with Gasteiger partial charge in [-0.05, 0) is 32.3 Å². The minimum absolute atomic E-state index is 0.333. The van der Waals surface area contributed by atoms with E-state index < -0.39 is 18.2 Å². The molecule has 4 heteroatoms. The molecule has 1 aliphatic rings. The normalized spacial score (nSPS) is 23.7. The highest BCUT2D eigenvalue weighted by molar-refractivity contribution is 5.84. The molecule has 90 valence electrons. The number of cyclic esters (lactones) is 1. The Morgan fingerprint density at radius 1 is 1.50 bits per heavy atom. The molecule has 0 fully saturated rings. The molecule has 0 aromatic carbocycles. The fourth-order valence-electron chi connectivity index (χ4n) is 1.44. The van der Waals surface area contributed by atoms with E-state index in [2.05, 4.69) is 0 Å². The molecule has 3 atom stereocenters. The van der Waals surface area contributed by atoms with Gasteiger partial charge < -0.3 is 14.9 Å². The van der Waals surface area contributed by atoms with Gasteiger partial charge in [0.1, 0.15) is 6.10 Å². The van der Waals surface area contributed by atoms with Crippen molar-refractivity contribution in [2.45, 2.75) is 44.5 Å². The van der Waals surface area contributed by atoms with Gasteiger partial charge in [-0.2, -0.15) is 0 Å². The fourth-order valence-corrected chi connectivity index (χ4v) is 1.44. The summed E-state index contributed by atoms with van der Waals surface area (Å²) < 4.78 is 4.85. The van der Waals surface area contributed by atoms with Gasteiger partial charge in [0.05, 0.1) is 12.2 Å². The van der Waals surface area contributed by atoms with E-state index >= 15 is 0 Å². The quantitative estimate of drug-likeness (QED) is 0.522. The van der Waals surface area contributed by atoms with Crippen LogP contribution in [0.4, 0.5) is 0 Å². The maximum absolute atomic E-state index is 10.7. The molecule has 0 bridgehead atoms. The van der Waals surface area contributed by atoms with Crippen molar-refractivity contribution in [2.24, 2.45) is 0 Å². The summed E-state index contributed by atoms with van der Waals surface area (Å²) in [5.41, 5.74) is 0. The minimum atomic E-state index is -0.654. The van der Waals surface area contributed by atoms with E-state index in [-0.39, 0.29) is 6.10 Å². The molecule has 1 rings (SSSR count). The summed E-state index contributed by atoms with van der Waals surface area (Å²) >= 11 is 0. The number of carbonyl (C=O) groups excluding carboxylic acids is 1. The van der Waals surface area contributed by atoms with Crippen LogP contribution in [0.1, 0.15) is 26.2 Å². The van der Waals surface area contributed by atoms with Gasteiger partial charge in [-0.3, -0.25) is 0 Å². The number of rotatable bonds is 6. The van der Waals surface area contributed by atoms with E-state index in [1.54, 1.807) is 13.0 Å². The Morgan fingerprint density at radius 2 is 2.25 bits per heavy atom. The van der Waals surface area contributed by atoms with Crippen LogP contribution in [-0.4, -0.2) is 34.5 Å². The number of ether oxygens (including phenoxy) is 1. The van der Waals surface area contributed by atoms with Crippen LogP contribution in [0.5, 0.6) is 0 Å². The van der Waals surface area contributed by atoms with Gasteiger partial charge in [0.25, 0.3) is 0 Å². The number of aliphatic hydroxyl groups is 2. The molecule has 0 aliphatic carbocycles. The average molecular weight is 226 g/mol. The summed E-state index contributed by atoms with van der Waals surface area (Å²) in [6.45, 7) is 1.72. The largest absolute Gasteiger partial charge is 0.452 e. The summed E-state index contributed by atoms with van der Waals surface area (Å²) in [7, 11) is 0. The van der Waals surface area contributed by atoms with Crippen molar-refractivity contribution in [3.05, 3.63) is 24.3 Å². The lowest BCUT2D eigenvalue weighted by Crippen LogP contribution is -2.25. The van der Waals surface area contributed by atoms with E-state index in [0.29, 0.717) is 19.3 Å². The van der Waals surface area contributed by atoms with Crippen molar-refractivity contribution in [3.8, 4) is 0 Å². The van der Waals surface area contributed by atoms with Crippen LogP contribution in [0, 0.1) is 0 Å². The van der Waals surface area contributed by atoms with E-state index in [9.17, 15) is 9.90 Å². The zero-order chi connectivity index (χ0) is 12.0. The molecule has 0 saturated heterocycles. The van der Waals surface area contributed by atoms with Gasteiger partial charge in [-0.25, -0.2) is 4.79 Å². The summed E-state index contributed by atoms with van der Waals surface area (Å²) in [6.07, 6.45) is 7.08. The maximum atomic E-state index is 10.7. The smallest absolute Gasteiger partial charge is 0.331 e. The molecule has 0 radical (unpaired) electrons. The van der Waals surface area contributed by atoms with Crippen molar-refractivity contribution < 1.29 is 19.7 Å². The van der Waals surface area contributed by atoms with Crippen LogP contribution in [0.15, 0.2) is 24.3 Å².